The zero-order valence-corrected chi connectivity index (χ0v) is 78.5. The molecule has 134 heavy (non-hydrogen) atoms. The first-order valence-corrected chi connectivity index (χ1v) is 45.2. The fourth-order valence-corrected chi connectivity index (χ4v) is 14.2. The van der Waals surface area contributed by atoms with E-state index in [4.69, 9.17) is 57.3 Å². The largest absolute Gasteiger partial charge is 0.508 e. The van der Waals surface area contributed by atoms with Crippen molar-refractivity contribution in [2.75, 3.05) is 58.1 Å². The predicted octanol–water partition coefficient (Wildman–Crippen LogP) is -10.6. The number of nitrogens with two attached hydrogens (primary N) is 10. The van der Waals surface area contributed by atoms with Crippen LogP contribution in [0.4, 0.5) is 0 Å². The molecule has 51 heteroatoms. The molecule has 0 aliphatic carbocycles. The Morgan fingerprint density at radius 2 is 0.791 bits per heavy atom. The van der Waals surface area contributed by atoms with E-state index >= 15 is 0 Å². The first-order chi connectivity index (χ1) is 63.0. The number of amides is 15. The van der Waals surface area contributed by atoms with Gasteiger partial charge in [-0.2, -0.15) is 25.3 Å². The van der Waals surface area contributed by atoms with Crippen molar-refractivity contribution < 1.29 is 107 Å². The number of nitrogens with zero attached hydrogens (tertiary/aromatic N) is 3. The first kappa shape index (κ1) is 117. The van der Waals surface area contributed by atoms with Gasteiger partial charge in [0.2, 0.25) is 88.6 Å². The summed E-state index contributed by atoms with van der Waals surface area (Å²) in [6, 6.07) is -14.2. The van der Waals surface area contributed by atoms with Gasteiger partial charge in [0, 0.05) is 55.9 Å². The number of β-amino-alcohol motifs (C(OH)–C–C–N with tert-alkyl or cyclic N) is 1. The maximum atomic E-state index is 14.8. The van der Waals surface area contributed by atoms with E-state index in [9.17, 15) is 107 Å². The Kier molecular flexibility index (Phi) is 51.0. The van der Waals surface area contributed by atoms with E-state index in [0.29, 0.717) is 17.5 Å². The van der Waals surface area contributed by atoms with Crippen molar-refractivity contribution in [1.29, 1.82) is 0 Å². The predicted molar refractivity (Wildman–Crippen MR) is 500 cm³/mol. The molecule has 2 aromatic rings. The zero-order chi connectivity index (χ0) is 101. The third-order valence-electron chi connectivity index (χ3n) is 21.7. The van der Waals surface area contributed by atoms with Crippen LogP contribution in [0.1, 0.15) is 144 Å². The molecular weight excluding hydrogens is 1790 g/mol. The van der Waals surface area contributed by atoms with Crippen LogP contribution in [0.3, 0.4) is 0 Å². The fraction of sp³-hybridized carbons (Fsp3) is 0.639. The number of hydrogen-bond donors (Lipinski definition) is 32. The monoisotopic (exact) mass is 1930 g/mol. The van der Waals surface area contributed by atoms with E-state index in [1.165, 1.54) is 62.4 Å². The number of carboxylic acid groups (broad SMARTS) is 1. The number of likely N-dealkylation sites (tertiary alicyclic amines) is 1. The van der Waals surface area contributed by atoms with Crippen molar-refractivity contribution in [2.45, 2.75) is 265 Å². The van der Waals surface area contributed by atoms with Crippen LogP contribution < -0.4 is 132 Å². The minimum absolute atomic E-state index is 0.0160. The minimum atomic E-state index is -1.94. The van der Waals surface area contributed by atoms with Crippen LogP contribution in [0.5, 0.6) is 11.5 Å². The maximum absolute atomic E-state index is 14.8. The number of aliphatic imine (C=N–C) groups is 2. The second kappa shape index (κ2) is 58.6. The van der Waals surface area contributed by atoms with Crippen molar-refractivity contribution in [3.63, 3.8) is 0 Å². The van der Waals surface area contributed by atoms with E-state index in [2.05, 4.69) is 110 Å². The summed E-state index contributed by atoms with van der Waals surface area (Å²) in [5, 5.41) is 97.6. The maximum Gasteiger partial charge on any atom is 0.326 e. The Bertz CT molecular complexity index is 4280. The molecular formula is C83H141N27O22S2. The lowest BCUT2D eigenvalue weighted by molar-refractivity contribution is -0.142. The number of carbonyl (C=O) groups excluding carboxylic acids is 15. The summed E-state index contributed by atoms with van der Waals surface area (Å²) in [7, 11) is 0. The summed E-state index contributed by atoms with van der Waals surface area (Å²) in [6.45, 7) is 10.0. The molecule has 1 aliphatic rings. The van der Waals surface area contributed by atoms with Gasteiger partial charge in [-0.15, -0.1) is 0 Å². The molecule has 1 fully saturated rings. The Morgan fingerprint density at radius 1 is 0.448 bits per heavy atom. The van der Waals surface area contributed by atoms with Gasteiger partial charge in [-0.05, 0) is 165 Å². The second-order valence-corrected chi connectivity index (χ2v) is 35.1. The molecule has 0 aromatic heterocycles. The summed E-state index contributed by atoms with van der Waals surface area (Å²) >= 11 is 8.88. The number of aliphatic hydroxyl groups excluding tert-OH is 3. The summed E-state index contributed by atoms with van der Waals surface area (Å²) in [5.74, 6) is -18.9. The van der Waals surface area contributed by atoms with Crippen molar-refractivity contribution in [3.05, 3.63) is 59.7 Å². The van der Waals surface area contributed by atoms with Gasteiger partial charge in [0.25, 0.3) is 0 Å². The zero-order valence-electron chi connectivity index (χ0n) is 76.7. The summed E-state index contributed by atoms with van der Waals surface area (Å²) in [5.41, 5.74) is 58.7. The quantitative estimate of drug-likeness (QED) is 0.0127. The SMILES string of the molecule is CC[C@H](C)[C@H](NC(=O)[C@@H]1C[C@@H](O)CN1C(=O)[C@@H](N)C(C)C)C(=O)N[C@H](C(=O)N[C@@H](Cc1ccc(O)cc1)C(=O)N[C@H](C(=O)N[C@@H](CN)C(=O)N[C@@H](CCCN=C(N)N)C(=O)N[C@@H](CCN)C(=O)N[C@H](C(=O)N[C@H](CCN)C(=O)N[C@@H](CCCCN)C(=O)N[C@@H](CS)C(=O)N[C@@H](CCN)C(=O)N[C@@H](CCCN=C(N)N)C(=O)N[C@@H](Cc1ccc(O)cc1)C(=O)O)[C@@H](C)O)C(C)(C)S)[C@@H](C)O. The van der Waals surface area contributed by atoms with Crippen LogP contribution >= 0.6 is 25.3 Å². The minimum Gasteiger partial charge on any atom is -0.508 e. The van der Waals surface area contributed by atoms with Crippen molar-refractivity contribution in [3.8, 4) is 11.5 Å². The van der Waals surface area contributed by atoms with Gasteiger partial charge >= 0.3 is 5.97 Å². The average molecular weight is 1930 g/mol. The third-order valence-corrected chi connectivity index (χ3v) is 22.4. The first-order valence-electron chi connectivity index (χ1n) is 44.1. The molecule has 0 spiro atoms. The highest BCUT2D eigenvalue weighted by Gasteiger charge is 2.45. The van der Waals surface area contributed by atoms with E-state index in [1.54, 1.807) is 27.7 Å². The number of thiol groups is 2. The number of phenols is 2. The topological polar surface area (TPSA) is 851 Å². The smallest absolute Gasteiger partial charge is 0.326 e. The Morgan fingerprint density at radius 3 is 1.16 bits per heavy atom. The van der Waals surface area contributed by atoms with E-state index in [1.807, 2.05) is 0 Å². The third kappa shape index (κ3) is 39.5. The van der Waals surface area contributed by atoms with Gasteiger partial charge in [0.1, 0.15) is 102 Å². The molecule has 1 aliphatic heterocycles. The molecule has 49 nitrogen and oxygen atoms in total. The summed E-state index contributed by atoms with van der Waals surface area (Å²) < 4.78 is -1.56. The van der Waals surface area contributed by atoms with Crippen molar-refractivity contribution >= 4 is 132 Å². The molecule has 0 unspecified atom stereocenters. The van der Waals surface area contributed by atoms with Crippen LogP contribution in [0.2, 0.25) is 0 Å². The number of hydrogen-bond acceptors (Lipinski definition) is 31. The Labute approximate surface area is 788 Å². The highest BCUT2D eigenvalue weighted by molar-refractivity contribution is 7.81. The number of unbranched alkanes of at least 4 members (excludes halogenated alkanes) is 1. The summed E-state index contributed by atoms with van der Waals surface area (Å²) in [6.07, 6.45) is -6.07. The van der Waals surface area contributed by atoms with E-state index in [0.717, 1.165) is 18.7 Å². The fourth-order valence-electron chi connectivity index (χ4n) is 13.7. The molecule has 752 valence electrons. The highest BCUT2D eigenvalue weighted by atomic mass is 32.1. The molecule has 2 aromatic carbocycles. The number of aliphatic hydroxyl groups is 3. The number of guanidine groups is 2. The molecule has 20 atom stereocenters. The number of rotatable bonds is 60. The van der Waals surface area contributed by atoms with Crippen LogP contribution in [0.15, 0.2) is 58.5 Å². The molecule has 1 heterocycles. The molecule has 0 bridgehead atoms. The number of aliphatic carboxylic acids is 1. The van der Waals surface area contributed by atoms with Crippen molar-refractivity contribution in [2.24, 2.45) is 79.2 Å². The summed E-state index contributed by atoms with van der Waals surface area (Å²) in [4.78, 5) is 235. The van der Waals surface area contributed by atoms with Gasteiger partial charge < -0.3 is 167 Å². The molecule has 0 saturated carbocycles. The molecule has 40 N–H and O–H groups in total. The van der Waals surface area contributed by atoms with Gasteiger partial charge in [-0.1, -0.05) is 58.4 Å². The van der Waals surface area contributed by atoms with Crippen LogP contribution in [0.25, 0.3) is 0 Å². The lowest BCUT2D eigenvalue weighted by atomic mass is 9.96. The number of nitrogens with one attached hydrogen (secondary N) is 14. The van der Waals surface area contributed by atoms with Crippen LogP contribution in [-0.2, 0) is 89.6 Å². The highest BCUT2D eigenvalue weighted by Crippen LogP contribution is 2.24. The molecule has 1 saturated heterocycles. The van der Waals surface area contributed by atoms with E-state index in [-0.39, 0.29) is 159 Å². The Hall–Kier alpha value is -11.6. The molecule has 3 rings (SSSR count). The standard InChI is InChI=1S/C83H141N27O22S2/c1-9-41(4)61(106-74(125)59-36-48(115)38-110(59)79(130)60(89)40(2)3)75(126)108-63(43(6)112)77(128)102-55(34-44-17-21-46(113)22-18-44)71(122)109-64(83(7,8)134)78(129)104-57(37-88)72(123)98-50(15-12-32-94-81(90)91)65(116)99-54(27-31-87)70(121)107-62(42(5)111)76(127)101-53(26-30-86)69(120)96-49(14-10-11-28-84)67(118)105-58(39-133)73(124)100-52(25-29-85)68(119)97-51(16-13-33-95-82(92)93)66(117)103-56(80(131)132)35-45-19-23-47(114)24-20-45/h17-24,40-43,48-64,111-115,133-134H,9-16,25-39,84-89H2,1-8H3,(H,96,120)(H,97,119)(H,98,123)(H,99,116)(H,100,124)(H,101,127)(H,102,128)(H,103,117)(H,104,129)(H,105,118)(H,106,125)(H,107,121)(H,108,126)(H,109,122)(H,131,132)(H4,90,91,94)(H4,92,93,95)/t41-,42+,43+,48+,49-,50-,51-,52-,53+,54-,55-,56-,57-,58-,59-,60-,61-,62-,63-,64+/m0/s1. The van der Waals surface area contributed by atoms with Crippen molar-refractivity contribution in [1.82, 2.24) is 79.3 Å². The molecule has 15 amide bonds. The Balaban J connectivity index is 1.90. The normalized spacial score (nSPS) is 17.1. The molecule has 0 radical (unpaired) electrons. The van der Waals surface area contributed by atoms with Crippen LogP contribution in [-0.4, -0.2) is 320 Å². The number of benzene rings is 2. The number of carboxylic acids is 1. The van der Waals surface area contributed by atoms with Gasteiger partial charge in [0.15, 0.2) is 11.9 Å². The van der Waals surface area contributed by atoms with Gasteiger partial charge in [-0.25, -0.2) is 4.79 Å². The second-order valence-electron chi connectivity index (χ2n) is 33.6. The lowest BCUT2D eigenvalue weighted by Gasteiger charge is -2.33. The number of aromatic hydroxyl groups is 2. The number of phenolic OH excluding ortho intramolecular Hbond substituents is 2. The van der Waals surface area contributed by atoms with Crippen LogP contribution in [0, 0.1) is 11.8 Å². The van der Waals surface area contributed by atoms with Gasteiger partial charge in [-0.3, -0.25) is 81.9 Å². The lowest BCUT2D eigenvalue weighted by Crippen LogP contribution is -2.65. The van der Waals surface area contributed by atoms with Gasteiger partial charge in [0.05, 0.1) is 24.4 Å². The number of carbonyl (C=O) groups is 16. The average Bonchev–Trinajstić information content (AvgIpc) is 1.64. The van der Waals surface area contributed by atoms with E-state index < -0.39 is 233 Å².